The number of amides is 4. The second-order valence-corrected chi connectivity index (χ2v) is 11.6. The summed E-state index contributed by atoms with van der Waals surface area (Å²) >= 11 is 2.31. The highest BCUT2D eigenvalue weighted by molar-refractivity contribution is 8.18. The second-order valence-electron chi connectivity index (χ2n) is 7.45. The molecule has 1 aromatic rings. The summed E-state index contributed by atoms with van der Waals surface area (Å²) in [5.74, 6) is -1.38. The number of nitrogens with one attached hydrogen (secondary N) is 1. The van der Waals surface area contributed by atoms with Crippen molar-refractivity contribution >= 4 is 67.7 Å². The molecule has 32 heavy (non-hydrogen) atoms. The van der Waals surface area contributed by atoms with E-state index in [4.69, 9.17) is 0 Å². The lowest BCUT2D eigenvalue weighted by molar-refractivity contribution is -0.133. The number of hydrogen-bond donors (Lipinski definition) is 1. The van der Waals surface area contributed by atoms with Crippen molar-refractivity contribution in [2.75, 3.05) is 24.6 Å². The van der Waals surface area contributed by atoms with Crippen LogP contribution in [-0.4, -0.2) is 77.6 Å². The molecule has 0 bridgehead atoms. The van der Waals surface area contributed by atoms with Gasteiger partial charge in [-0.25, -0.2) is 13.4 Å². The molecule has 4 amide bonds. The molecule has 4 heterocycles. The van der Waals surface area contributed by atoms with Crippen molar-refractivity contribution < 1.29 is 27.6 Å². The van der Waals surface area contributed by atoms with E-state index in [2.05, 4.69) is 10.4 Å². The van der Waals surface area contributed by atoms with Crippen LogP contribution in [0.2, 0.25) is 0 Å². The lowest BCUT2D eigenvalue weighted by Gasteiger charge is -2.27. The van der Waals surface area contributed by atoms with Crippen LogP contribution in [-0.2, 0) is 24.2 Å². The van der Waals surface area contributed by atoms with Crippen LogP contribution in [0.4, 0.5) is 4.79 Å². The lowest BCUT2D eigenvalue weighted by Crippen LogP contribution is -2.45. The Balaban J connectivity index is 1.33. The number of hydrogen-bond acceptors (Lipinski definition) is 9. The molecule has 10 nitrogen and oxygen atoms in total. The monoisotopic (exact) mass is 496 g/mol. The predicted octanol–water partition coefficient (Wildman–Crippen LogP) is 1.07. The molecule has 1 aromatic heterocycles. The molecule has 3 aliphatic heterocycles. The highest BCUT2D eigenvalue weighted by atomic mass is 32.2. The van der Waals surface area contributed by atoms with Crippen molar-refractivity contribution in [3.05, 3.63) is 27.3 Å². The Hall–Kier alpha value is -2.51. The third-order valence-corrected chi connectivity index (χ3v) is 8.66. The number of thioether (sulfide) groups is 1. The smallest absolute Gasteiger partial charge is 0.293 e. The summed E-state index contributed by atoms with van der Waals surface area (Å²) in [5, 5.41) is 9.33. The Morgan fingerprint density at radius 3 is 2.78 bits per heavy atom. The number of thiophene rings is 1. The maximum absolute atomic E-state index is 12.5. The Kier molecular flexibility index (Phi) is 6.49. The van der Waals surface area contributed by atoms with Crippen LogP contribution in [0, 0.1) is 0 Å². The minimum Gasteiger partial charge on any atom is -0.349 e. The van der Waals surface area contributed by atoms with E-state index < -0.39 is 32.9 Å². The van der Waals surface area contributed by atoms with E-state index in [-0.39, 0.29) is 49.1 Å². The molecule has 3 aliphatic rings. The van der Waals surface area contributed by atoms with Crippen molar-refractivity contribution in [1.29, 1.82) is 0 Å². The molecule has 13 heteroatoms. The highest BCUT2D eigenvalue weighted by Gasteiger charge is 2.38. The zero-order chi connectivity index (χ0) is 22.9. The first kappa shape index (κ1) is 22.7. The number of nitrogens with zero attached hydrogens (tertiary/aromatic N) is 3. The summed E-state index contributed by atoms with van der Waals surface area (Å²) in [5.41, 5.74) is 0.126. The van der Waals surface area contributed by atoms with Gasteiger partial charge >= 0.3 is 0 Å². The second kappa shape index (κ2) is 9.16. The molecule has 0 radical (unpaired) electrons. The van der Waals surface area contributed by atoms with Gasteiger partial charge in [-0.15, -0.1) is 11.3 Å². The van der Waals surface area contributed by atoms with E-state index in [1.165, 1.54) is 11.3 Å². The minimum atomic E-state index is -3.20. The maximum atomic E-state index is 12.5. The third kappa shape index (κ3) is 4.94. The molecule has 4 rings (SSSR count). The summed E-state index contributed by atoms with van der Waals surface area (Å²) in [6.07, 6.45) is 2.18. The normalized spacial score (nSPS) is 24.4. The highest BCUT2D eigenvalue weighted by Crippen LogP contribution is 2.32. The Labute approximate surface area is 192 Å². The van der Waals surface area contributed by atoms with Crippen LogP contribution in [0.25, 0.3) is 6.08 Å². The van der Waals surface area contributed by atoms with Gasteiger partial charge in [-0.1, -0.05) is 6.07 Å². The van der Waals surface area contributed by atoms with E-state index >= 15 is 0 Å². The first-order valence-electron chi connectivity index (χ1n) is 9.90. The molecule has 170 valence electrons. The summed E-state index contributed by atoms with van der Waals surface area (Å²) in [6, 6.07) is 3.14. The third-order valence-electron chi connectivity index (χ3n) is 5.19. The van der Waals surface area contributed by atoms with Gasteiger partial charge in [0.1, 0.15) is 5.71 Å². The van der Waals surface area contributed by atoms with Crippen molar-refractivity contribution in [2.45, 2.75) is 25.3 Å². The number of carbonyl (C=O) groups excluding carboxylic acids is 4. The van der Waals surface area contributed by atoms with E-state index in [9.17, 15) is 27.6 Å². The molecule has 0 aromatic carbocycles. The van der Waals surface area contributed by atoms with Gasteiger partial charge in [0, 0.05) is 30.8 Å². The molecule has 0 spiro atoms. The van der Waals surface area contributed by atoms with Gasteiger partial charge in [0.05, 0.1) is 22.5 Å². The number of sulfone groups is 1. The Bertz CT molecular complexity index is 1130. The van der Waals surface area contributed by atoms with E-state index in [1.54, 1.807) is 6.08 Å². The number of carbonyl (C=O) groups is 4. The Morgan fingerprint density at radius 2 is 2.09 bits per heavy atom. The molecule has 2 saturated heterocycles. The molecule has 0 saturated carbocycles. The van der Waals surface area contributed by atoms with Crippen LogP contribution in [0.15, 0.2) is 27.5 Å². The van der Waals surface area contributed by atoms with Gasteiger partial charge in [0.25, 0.3) is 17.1 Å². The van der Waals surface area contributed by atoms with Crippen LogP contribution in [0.1, 0.15) is 24.1 Å². The molecule has 1 N–H and O–H groups in total. The van der Waals surface area contributed by atoms with Gasteiger partial charge in [0.15, 0.2) is 9.84 Å². The van der Waals surface area contributed by atoms with Crippen LogP contribution >= 0.6 is 23.1 Å². The average Bonchev–Trinajstić information content (AvgIpc) is 3.44. The zero-order valence-electron chi connectivity index (χ0n) is 16.9. The van der Waals surface area contributed by atoms with E-state index in [0.29, 0.717) is 11.3 Å². The van der Waals surface area contributed by atoms with Gasteiger partial charge in [0.2, 0.25) is 5.91 Å². The average molecular weight is 497 g/mol. The van der Waals surface area contributed by atoms with Crippen molar-refractivity contribution in [2.24, 2.45) is 5.10 Å². The van der Waals surface area contributed by atoms with Crippen LogP contribution < -0.4 is 5.32 Å². The predicted molar refractivity (Wildman–Crippen MR) is 121 cm³/mol. The Morgan fingerprint density at radius 1 is 1.28 bits per heavy atom. The molecule has 2 fully saturated rings. The fraction of sp³-hybridized carbons (Fsp3) is 0.421. The fourth-order valence-electron chi connectivity index (χ4n) is 3.57. The van der Waals surface area contributed by atoms with Gasteiger partial charge < -0.3 is 5.32 Å². The van der Waals surface area contributed by atoms with Crippen LogP contribution in [0.5, 0.6) is 0 Å². The van der Waals surface area contributed by atoms with Crippen molar-refractivity contribution in [3.8, 4) is 0 Å². The van der Waals surface area contributed by atoms with E-state index in [0.717, 1.165) is 26.5 Å². The van der Waals surface area contributed by atoms with Gasteiger partial charge in [-0.2, -0.15) is 5.10 Å². The minimum absolute atomic E-state index is 0.00266. The standard InChI is InChI=1S/C19H20N4O6S3/c24-16-4-3-14(21-23(16)12-5-9-32(28,29)11-12)17(25)20-6-7-22-18(26)15(31-19(22)27)10-13-2-1-8-30-13/h1-2,8,10,12H,3-7,9,11H2,(H,20,25). The lowest BCUT2D eigenvalue weighted by atomic mass is 10.1. The van der Waals surface area contributed by atoms with Gasteiger partial charge in [-0.3, -0.25) is 24.1 Å². The van der Waals surface area contributed by atoms with Crippen LogP contribution in [0.3, 0.4) is 0 Å². The first-order valence-corrected chi connectivity index (χ1v) is 13.4. The summed E-state index contributed by atoms with van der Waals surface area (Å²) < 4.78 is 23.4. The van der Waals surface area contributed by atoms with Crippen molar-refractivity contribution in [1.82, 2.24) is 15.2 Å². The number of hydrazone groups is 1. The quantitative estimate of drug-likeness (QED) is 0.582. The summed E-state index contributed by atoms with van der Waals surface area (Å²) in [4.78, 5) is 51.6. The first-order chi connectivity index (χ1) is 15.2. The number of rotatable bonds is 6. The van der Waals surface area contributed by atoms with E-state index in [1.807, 2.05) is 17.5 Å². The topological polar surface area (TPSA) is 133 Å². The largest absolute Gasteiger partial charge is 0.349 e. The summed E-state index contributed by atoms with van der Waals surface area (Å²) in [6.45, 7) is 0.0446. The number of imide groups is 1. The zero-order valence-corrected chi connectivity index (χ0v) is 19.3. The SMILES string of the molecule is O=C(NCCN1C(=O)SC(=Cc2cccs2)C1=O)C1=NN(C2CCS(=O)(=O)C2)C(=O)CC1. The molecule has 1 unspecified atom stereocenters. The molecular weight excluding hydrogens is 476 g/mol. The van der Waals surface area contributed by atoms with Crippen molar-refractivity contribution in [3.63, 3.8) is 0 Å². The van der Waals surface area contributed by atoms with Gasteiger partial charge in [-0.05, 0) is 35.7 Å². The maximum Gasteiger partial charge on any atom is 0.293 e. The molecule has 0 aliphatic carbocycles. The fourth-order valence-corrected chi connectivity index (χ4v) is 6.85. The summed E-state index contributed by atoms with van der Waals surface area (Å²) in [7, 11) is -3.20. The molecular formula is C19H20N4O6S3. The molecule has 1 atom stereocenters.